The van der Waals surface area contributed by atoms with Gasteiger partial charge in [0.15, 0.2) is 6.61 Å². The summed E-state index contributed by atoms with van der Waals surface area (Å²) in [6.45, 7) is -0.574. The van der Waals surface area contributed by atoms with E-state index >= 15 is 0 Å². The average Bonchev–Trinajstić information content (AvgIpc) is 2.65. The van der Waals surface area contributed by atoms with Crippen LogP contribution in [0, 0.1) is 21.4 Å². The number of amides is 1. The van der Waals surface area contributed by atoms with Gasteiger partial charge in [-0.2, -0.15) is 5.26 Å². The Hall–Kier alpha value is -3.70. The van der Waals surface area contributed by atoms with Crippen molar-refractivity contribution in [2.24, 2.45) is 0 Å². The fraction of sp³-hybridized carbons (Fsp3) is 0.0556. The molecule has 0 aromatic heterocycles. The molecule has 0 saturated heterocycles. The number of halogens is 1. The van der Waals surface area contributed by atoms with Crippen LogP contribution in [-0.2, 0) is 14.3 Å². The van der Waals surface area contributed by atoms with Gasteiger partial charge in [-0.1, -0.05) is 23.7 Å². The SMILES string of the molecule is N#Cc1ccc(Cl)cc1NC(=O)COC(=O)/C=C/c1cccc([N+](=O)[O-])c1. The van der Waals surface area contributed by atoms with Crippen LogP contribution in [0.1, 0.15) is 11.1 Å². The van der Waals surface area contributed by atoms with E-state index in [4.69, 9.17) is 21.6 Å². The predicted molar refractivity (Wildman–Crippen MR) is 97.9 cm³/mol. The molecule has 0 aliphatic rings. The molecular formula is C18H12ClN3O5. The first-order chi connectivity index (χ1) is 12.9. The zero-order chi connectivity index (χ0) is 19.8. The Balaban J connectivity index is 1.91. The third-order valence-electron chi connectivity index (χ3n) is 3.21. The maximum Gasteiger partial charge on any atom is 0.331 e. The van der Waals surface area contributed by atoms with Crippen molar-refractivity contribution in [2.75, 3.05) is 11.9 Å². The number of nitriles is 1. The van der Waals surface area contributed by atoms with Crippen molar-refractivity contribution in [2.45, 2.75) is 0 Å². The highest BCUT2D eigenvalue weighted by Crippen LogP contribution is 2.20. The number of nitrogens with one attached hydrogen (secondary N) is 1. The Morgan fingerprint density at radius 3 is 2.78 bits per heavy atom. The van der Waals surface area contributed by atoms with Gasteiger partial charge in [0.2, 0.25) is 0 Å². The van der Waals surface area contributed by atoms with Gasteiger partial charge in [0.05, 0.1) is 16.2 Å². The number of nitrogens with zero attached hydrogens (tertiary/aromatic N) is 2. The standard InChI is InChI=1S/C18H12ClN3O5/c19-14-6-5-13(10-20)16(9-14)21-17(23)11-27-18(24)7-4-12-2-1-3-15(8-12)22(25)26/h1-9H,11H2,(H,21,23)/b7-4+. The quantitative estimate of drug-likeness (QED) is 0.352. The Kier molecular flexibility index (Phi) is 6.63. The van der Waals surface area contributed by atoms with E-state index in [1.54, 1.807) is 6.07 Å². The van der Waals surface area contributed by atoms with Crippen LogP contribution in [0.5, 0.6) is 0 Å². The summed E-state index contributed by atoms with van der Waals surface area (Å²) in [6.07, 6.45) is 2.38. The highest BCUT2D eigenvalue weighted by molar-refractivity contribution is 6.31. The first-order valence-electron chi connectivity index (χ1n) is 7.48. The molecule has 9 heteroatoms. The van der Waals surface area contributed by atoms with Gasteiger partial charge in [0, 0.05) is 23.2 Å². The molecule has 0 aliphatic heterocycles. The first-order valence-corrected chi connectivity index (χ1v) is 7.85. The van der Waals surface area contributed by atoms with Crippen LogP contribution in [0.4, 0.5) is 11.4 Å². The van der Waals surface area contributed by atoms with Crippen molar-refractivity contribution >= 4 is 40.9 Å². The normalized spacial score (nSPS) is 10.2. The van der Waals surface area contributed by atoms with Crippen molar-refractivity contribution in [3.8, 4) is 6.07 Å². The summed E-state index contributed by atoms with van der Waals surface area (Å²) in [5, 5.41) is 22.5. The second-order valence-corrected chi connectivity index (χ2v) is 5.58. The molecule has 0 radical (unpaired) electrons. The van der Waals surface area contributed by atoms with E-state index in [0.29, 0.717) is 10.6 Å². The third-order valence-corrected chi connectivity index (χ3v) is 3.45. The first kappa shape index (κ1) is 19.6. The molecule has 0 saturated carbocycles. The van der Waals surface area contributed by atoms with E-state index in [1.165, 1.54) is 42.5 Å². The Labute approximate surface area is 158 Å². The van der Waals surface area contributed by atoms with Gasteiger partial charge < -0.3 is 10.1 Å². The van der Waals surface area contributed by atoms with Crippen LogP contribution in [-0.4, -0.2) is 23.4 Å². The van der Waals surface area contributed by atoms with Gasteiger partial charge in [-0.25, -0.2) is 4.79 Å². The summed E-state index contributed by atoms with van der Waals surface area (Å²) in [6, 6.07) is 11.9. The molecule has 2 rings (SSSR count). The number of carbonyl (C=O) groups excluding carboxylic acids is 2. The van der Waals surface area contributed by atoms with Gasteiger partial charge in [-0.3, -0.25) is 14.9 Å². The second-order valence-electron chi connectivity index (χ2n) is 5.14. The van der Waals surface area contributed by atoms with E-state index in [1.807, 2.05) is 6.07 Å². The molecule has 8 nitrogen and oxygen atoms in total. The number of anilines is 1. The van der Waals surface area contributed by atoms with Crippen molar-refractivity contribution in [1.82, 2.24) is 0 Å². The van der Waals surface area contributed by atoms with Crippen molar-refractivity contribution in [3.63, 3.8) is 0 Å². The molecule has 1 amide bonds. The van der Waals surface area contributed by atoms with Crippen LogP contribution in [0.3, 0.4) is 0 Å². The van der Waals surface area contributed by atoms with Crippen LogP contribution in [0.25, 0.3) is 6.08 Å². The Bertz CT molecular complexity index is 966. The number of rotatable bonds is 6. The molecule has 0 heterocycles. The summed E-state index contributed by atoms with van der Waals surface area (Å²) in [7, 11) is 0. The third kappa shape index (κ3) is 5.95. The topological polar surface area (TPSA) is 122 Å². The monoisotopic (exact) mass is 385 g/mol. The summed E-state index contributed by atoms with van der Waals surface area (Å²) >= 11 is 5.82. The number of nitro groups is 1. The lowest BCUT2D eigenvalue weighted by atomic mass is 10.2. The molecule has 0 bridgehead atoms. The van der Waals surface area contributed by atoms with Crippen LogP contribution in [0.15, 0.2) is 48.5 Å². The summed E-state index contributed by atoms with van der Waals surface area (Å²) < 4.78 is 4.79. The van der Waals surface area contributed by atoms with Crippen molar-refractivity contribution in [3.05, 3.63) is 74.8 Å². The van der Waals surface area contributed by atoms with E-state index in [0.717, 1.165) is 6.08 Å². The average molecular weight is 386 g/mol. The number of carbonyl (C=O) groups is 2. The van der Waals surface area contributed by atoms with Crippen LogP contribution >= 0.6 is 11.6 Å². The summed E-state index contributed by atoms with van der Waals surface area (Å²) in [5.74, 6) is -1.45. The number of esters is 1. The number of hydrogen-bond acceptors (Lipinski definition) is 6. The van der Waals surface area contributed by atoms with E-state index < -0.39 is 23.4 Å². The number of hydrogen-bond donors (Lipinski definition) is 1. The number of ether oxygens (including phenoxy) is 1. The van der Waals surface area contributed by atoms with Gasteiger partial charge in [-0.15, -0.1) is 0 Å². The van der Waals surface area contributed by atoms with Crippen LogP contribution < -0.4 is 5.32 Å². The largest absolute Gasteiger partial charge is 0.452 e. The fourth-order valence-electron chi connectivity index (χ4n) is 1.99. The lowest BCUT2D eigenvalue weighted by Gasteiger charge is -2.07. The smallest absolute Gasteiger partial charge is 0.331 e. The number of non-ortho nitro benzene ring substituents is 1. The maximum absolute atomic E-state index is 11.9. The molecule has 0 aliphatic carbocycles. The van der Waals surface area contributed by atoms with Gasteiger partial charge in [0.1, 0.15) is 6.07 Å². The molecule has 27 heavy (non-hydrogen) atoms. The number of nitro benzene ring substituents is 1. The molecule has 0 fully saturated rings. The Morgan fingerprint density at radius 1 is 1.30 bits per heavy atom. The molecule has 0 atom stereocenters. The molecule has 0 unspecified atom stereocenters. The Morgan fingerprint density at radius 2 is 2.07 bits per heavy atom. The molecular weight excluding hydrogens is 374 g/mol. The minimum Gasteiger partial charge on any atom is -0.452 e. The predicted octanol–water partition coefficient (Wildman–Crippen LogP) is 3.31. The van der Waals surface area contributed by atoms with E-state index in [-0.39, 0.29) is 16.9 Å². The maximum atomic E-state index is 11.9. The number of benzene rings is 2. The highest BCUT2D eigenvalue weighted by Gasteiger charge is 2.10. The van der Waals surface area contributed by atoms with E-state index in [2.05, 4.69) is 5.32 Å². The van der Waals surface area contributed by atoms with E-state index in [9.17, 15) is 19.7 Å². The summed E-state index contributed by atoms with van der Waals surface area (Å²) in [4.78, 5) is 33.7. The van der Waals surface area contributed by atoms with Crippen LogP contribution in [0.2, 0.25) is 5.02 Å². The zero-order valence-electron chi connectivity index (χ0n) is 13.7. The molecule has 2 aromatic carbocycles. The molecule has 1 N–H and O–H groups in total. The summed E-state index contributed by atoms with van der Waals surface area (Å²) in [5.41, 5.74) is 0.741. The molecule has 2 aromatic rings. The van der Waals surface area contributed by atoms with Gasteiger partial charge in [-0.05, 0) is 29.8 Å². The fourth-order valence-corrected chi connectivity index (χ4v) is 2.17. The van der Waals surface area contributed by atoms with Crippen molar-refractivity contribution < 1.29 is 19.2 Å². The highest BCUT2D eigenvalue weighted by atomic mass is 35.5. The lowest BCUT2D eigenvalue weighted by Crippen LogP contribution is -2.20. The molecule has 136 valence electrons. The van der Waals surface area contributed by atoms with Gasteiger partial charge >= 0.3 is 5.97 Å². The zero-order valence-corrected chi connectivity index (χ0v) is 14.5. The minimum atomic E-state index is -0.803. The minimum absolute atomic E-state index is 0.111. The lowest BCUT2D eigenvalue weighted by molar-refractivity contribution is -0.384. The second kappa shape index (κ2) is 9.12. The molecule has 0 spiro atoms. The van der Waals surface area contributed by atoms with Gasteiger partial charge in [0.25, 0.3) is 11.6 Å². The van der Waals surface area contributed by atoms with Crippen molar-refractivity contribution in [1.29, 1.82) is 5.26 Å².